The van der Waals surface area contributed by atoms with Gasteiger partial charge < -0.3 is 5.32 Å². The van der Waals surface area contributed by atoms with Crippen LogP contribution in [0.15, 0.2) is 22.7 Å². The minimum Gasteiger partial charge on any atom is -0.383 e. The van der Waals surface area contributed by atoms with Crippen LogP contribution >= 0.6 is 15.9 Å². The molecule has 7 heteroatoms. The van der Waals surface area contributed by atoms with Crippen LogP contribution in [0.2, 0.25) is 0 Å². The van der Waals surface area contributed by atoms with Gasteiger partial charge in [-0.25, -0.2) is 13.1 Å². The minimum atomic E-state index is -3.21. The lowest BCUT2D eigenvalue weighted by Gasteiger charge is -2.09. The molecular weight excluding hydrogens is 318 g/mol. The standard InChI is InChI=1S/C11H14BrN3O2S/c1-2-15-18(16,17)6-5-14-11-4-3-9(8-13)7-10(11)12/h3-4,7,14-15H,2,5-6H2,1H3. The zero-order valence-corrected chi connectivity index (χ0v) is 12.3. The highest BCUT2D eigenvalue weighted by molar-refractivity contribution is 9.10. The number of hydrogen-bond acceptors (Lipinski definition) is 4. The van der Waals surface area contributed by atoms with Crippen LogP contribution in [0.3, 0.4) is 0 Å². The molecule has 0 heterocycles. The summed E-state index contributed by atoms with van der Waals surface area (Å²) in [6.45, 7) is 2.44. The highest BCUT2D eigenvalue weighted by Crippen LogP contribution is 2.23. The Morgan fingerprint density at radius 2 is 2.17 bits per heavy atom. The normalized spacial score (nSPS) is 10.9. The van der Waals surface area contributed by atoms with E-state index in [1.54, 1.807) is 25.1 Å². The van der Waals surface area contributed by atoms with Crippen LogP contribution in [0.1, 0.15) is 12.5 Å². The van der Waals surface area contributed by atoms with Gasteiger partial charge in [0, 0.05) is 23.2 Å². The van der Waals surface area contributed by atoms with Crippen molar-refractivity contribution in [1.29, 1.82) is 5.26 Å². The minimum absolute atomic E-state index is 0.00722. The molecule has 0 aliphatic carbocycles. The molecule has 18 heavy (non-hydrogen) atoms. The fourth-order valence-electron chi connectivity index (χ4n) is 1.34. The molecule has 0 saturated carbocycles. The van der Waals surface area contributed by atoms with Gasteiger partial charge >= 0.3 is 0 Å². The third-order valence-corrected chi connectivity index (χ3v) is 4.27. The molecule has 2 N–H and O–H groups in total. The smallest absolute Gasteiger partial charge is 0.213 e. The quantitative estimate of drug-likeness (QED) is 0.830. The van der Waals surface area contributed by atoms with Crippen LogP contribution in [0.25, 0.3) is 0 Å². The number of benzene rings is 1. The first-order valence-electron chi connectivity index (χ1n) is 5.39. The predicted molar refractivity (Wildman–Crippen MR) is 74.8 cm³/mol. The maximum atomic E-state index is 11.4. The molecule has 0 amide bonds. The molecule has 1 aromatic carbocycles. The van der Waals surface area contributed by atoms with Gasteiger partial charge in [0.15, 0.2) is 0 Å². The fraction of sp³-hybridized carbons (Fsp3) is 0.364. The molecule has 0 bridgehead atoms. The van der Waals surface area contributed by atoms with Crippen molar-refractivity contribution in [3.8, 4) is 6.07 Å². The predicted octanol–water partition coefficient (Wildman–Crippen LogP) is 1.67. The van der Waals surface area contributed by atoms with Crippen molar-refractivity contribution in [2.75, 3.05) is 24.2 Å². The summed E-state index contributed by atoms with van der Waals surface area (Å²) in [5.74, 6) is 0.00722. The molecule has 0 aliphatic heterocycles. The second-order valence-corrected chi connectivity index (χ2v) is 6.33. The molecule has 0 saturated heterocycles. The Morgan fingerprint density at radius 3 is 2.72 bits per heavy atom. The molecule has 0 atom stereocenters. The van der Waals surface area contributed by atoms with Gasteiger partial charge in [0.05, 0.1) is 17.4 Å². The lowest BCUT2D eigenvalue weighted by Crippen LogP contribution is -2.29. The lowest BCUT2D eigenvalue weighted by atomic mass is 10.2. The van der Waals surface area contributed by atoms with E-state index in [1.807, 2.05) is 6.07 Å². The number of halogens is 1. The topological polar surface area (TPSA) is 82.0 Å². The molecule has 0 spiro atoms. The summed E-state index contributed by atoms with van der Waals surface area (Å²) in [5, 5.41) is 11.7. The van der Waals surface area contributed by atoms with Crippen molar-refractivity contribution < 1.29 is 8.42 Å². The van der Waals surface area contributed by atoms with Gasteiger partial charge in [-0.3, -0.25) is 0 Å². The van der Waals surface area contributed by atoms with E-state index in [0.29, 0.717) is 18.7 Å². The summed E-state index contributed by atoms with van der Waals surface area (Å²) in [6.07, 6.45) is 0. The molecule has 1 aromatic rings. The van der Waals surface area contributed by atoms with Crippen molar-refractivity contribution >= 4 is 31.6 Å². The second-order valence-electron chi connectivity index (χ2n) is 3.55. The van der Waals surface area contributed by atoms with Crippen LogP contribution in [-0.4, -0.2) is 27.3 Å². The molecule has 98 valence electrons. The van der Waals surface area contributed by atoms with Gasteiger partial charge in [0.25, 0.3) is 0 Å². The summed E-state index contributed by atoms with van der Waals surface area (Å²) in [6, 6.07) is 7.12. The molecule has 1 rings (SSSR count). The Balaban J connectivity index is 2.58. The molecule has 5 nitrogen and oxygen atoms in total. The van der Waals surface area contributed by atoms with E-state index in [9.17, 15) is 8.42 Å². The van der Waals surface area contributed by atoms with Gasteiger partial charge in [0.1, 0.15) is 0 Å². The van der Waals surface area contributed by atoms with Gasteiger partial charge in [0.2, 0.25) is 10.0 Å². The third kappa shape index (κ3) is 4.64. The monoisotopic (exact) mass is 331 g/mol. The first kappa shape index (κ1) is 15.0. The second kappa shape index (κ2) is 6.73. The summed E-state index contributed by atoms with van der Waals surface area (Å²) >= 11 is 3.32. The third-order valence-electron chi connectivity index (χ3n) is 2.15. The van der Waals surface area contributed by atoms with Crippen LogP contribution in [0.5, 0.6) is 0 Å². The van der Waals surface area contributed by atoms with Gasteiger partial charge in [-0.2, -0.15) is 5.26 Å². The number of nitriles is 1. The van der Waals surface area contributed by atoms with Gasteiger partial charge in [-0.15, -0.1) is 0 Å². The van der Waals surface area contributed by atoms with Crippen molar-refractivity contribution in [1.82, 2.24) is 4.72 Å². The van der Waals surface area contributed by atoms with E-state index in [2.05, 4.69) is 26.0 Å². The van der Waals surface area contributed by atoms with Crippen LogP contribution in [0, 0.1) is 11.3 Å². The Hall–Kier alpha value is -1.10. The Kier molecular flexibility index (Phi) is 5.59. The van der Waals surface area contributed by atoms with E-state index < -0.39 is 10.0 Å². The maximum absolute atomic E-state index is 11.4. The van der Waals surface area contributed by atoms with E-state index >= 15 is 0 Å². The van der Waals surface area contributed by atoms with Crippen molar-refractivity contribution in [3.63, 3.8) is 0 Å². The van der Waals surface area contributed by atoms with Crippen molar-refractivity contribution in [2.24, 2.45) is 0 Å². The Bertz CT molecular complexity index is 552. The van der Waals surface area contributed by atoms with E-state index in [1.165, 1.54) is 0 Å². The zero-order chi connectivity index (χ0) is 13.6. The summed E-state index contributed by atoms with van der Waals surface area (Å²) < 4.78 is 26.0. The van der Waals surface area contributed by atoms with Crippen molar-refractivity contribution in [3.05, 3.63) is 28.2 Å². The Morgan fingerprint density at radius 1 is 1.44 bits per heavy atom. The lowest BCUT2D eigenvalue weighted by molar-refractivity contribution is 0.584. The Labute approximate surface area is 115 Å². The molecule has 0 radical (unpaired) electrons. The van der Waals surface area contributed by atoms with Gasteiger partial charge in [-0.1, -0.05) is 6.92 Å². The zero-order valence-electron chi connectivity index (χ0n) is 9.90. The number of nitrogens with one attached hydrogen (secondary N) is 2. The van der Waals surface area contributed by atoms with E-state index in [0.717, 1.165) is 10.2 Å². The molecule has 0 aliphatic rings. The molecule has 0 unspecified atom stereocenters. The van der Waals surface area contributed by atoms with Crippen LogP contribution in [-0.2, 0) is 10.0 Å². The van der Waals surface area contributed by atoms with Crippen LogP contribution in [0.4, 0.5) is 5.69 Å². The molecular formula is C11H14BrN3O2S. The average Bonchev–Trinajstić information content (AvgIpc) is 2.31. The van der Waals surface area contributed by atoms with E-state index in [4.69, 9.17) is 5.26 Å². The highest BCUT2D eigenvalue weighted by Gasteiger charge is 2.08. The maximum Gasteiger partial charge on any atom is 0.213 e. The highest BCUT2D eigenvalue weighted by atomic mass is 79.9. The summed E-state index contributed by atoms with van der Waals surface area (Å²) in [4.78, 5) is 0. The number of sulfonamides is 1. The fourth-order valence-corrected chi connectivity index (χ4v) is 2.81. The number of nitrogens with zero attached hydrogens (tertiary/aromatic N) is 1. The van der Waals surface area contributed by atoms with Crippen molar-refractivity contribution in [2.45, 2.75) is 6.92 Å². The number of anilines is 1. The number of hydrogen-bond donors (Lipinski definition) is 2. The summed E-state index contributed by atoms with van der Waals surface area (Å²) in [7, 11) is -3.21. The molecule has 0 aromatic heterocycles. The summed E-state index contributed by atoms with van der Waals surface area (Å²) in [5.41, 5.74) is 1.31. The number of rotatable bonds is 6. The van der Waals surface area contributed by atoms with Gasteiger partial charge in [-0.05, 0) is 34.1 Å². The first-order chi connectivity index (χ1) is 8.48. The SMILES string of the molecule is CCNS(=O)(=O)CCNc1ccc(C#N)cc1Br. The van der Waals surface area contributed by atoms with E-state index in [-0.39, 0.29) is 5.75 Å². The van der Waals surface area contributed by atoms with Crippen LogP contribution < -0.4 is 10.0 Å². The first-order valence-corrected chi connectivity index (χ1v) is 7.84. The largest absolute Gasteiger partial charge is 0.383 e. The molecule has 0 fully saturated rings. The average molecular weight is 332 g/mol.